The highest BCUT2D eigenvalue weighted by Crippen LogP contribution is 2.30. The third-order valence-electron chi connectivity index (χ3n) is 2.91. The van der Waals surface area contributed by atoms with Crippen LogP contribution in [-0.4, -0.2) is 55.5 Å². The summed E-state index contributed by atoms with van der Waals surface area (Å²) in [5.74, 6) is -1.01. The number of ether oxygens (including phenoxy) is 1. The Morgan fingerprint density at radius 2 is 2.18 bits per heavy atom. The van der Waals surface area contributed by atoms with Gasteiger partial charge in [-0.25, -0.2) is 0 Å². The molecule has 0 saturated carbocycles. The number of carboxylic acids is 1. The van der Waals surface area contributed by atoms with Crippen LogP contribution in [0.15, 0.2) is 0 Å². The fraction of sp³-hybridized carbons (Fsp3) is 0.900. The number of carboxylic acid groups (broad SMARTS) is 1. The lowest BCUT2D eigenvalue weighted by atomic mass is 9.87. The second-order valence-electron chi connectivity index (χ2n) is 4.49. The zero-order valence-corrected chi connectivity index (χ0v) is 9.59. The van der Waals surface area contributed by atoms with Crippen LogP contribution in [-0.2, 0) is 9.53 Å². The second kappa shape index (κ2) is 5.22. The van der Waals surface area contributed by atoms with Gasteiger partial charge < -0.3 is 14.7 Å². The number of carbonyl (C=O) groups is 1. The Labute approximate surface area is 97.3 Å². The van der Waals surface area contributed by atoms with Crippen molar-refractivity contribution in [3.8, 4) is 0 Å². The van der Waals surface area contributed by atoms with Crippen molar-refractivity contribution in [1.29, 1.82) is 0 Å². The smallest absolute Gasteiger partial charge is 0.390 e. The molecule has 1 N–H and O–H groups in total. The first-order chi connectivity index (χ1) is 7.75. The van der Waals surface area contributed by atoms with Crippen LogP contribution < -0.4 is 0 Å². The molecule has 1 aliphatic rings. The van der Waals surface area contributed by atoms with Gasteiger partial charge in [0.25, 0.3) is 0 Å². The maximum Gasteiger partial charge on any atom is 0.390 e. The van der Waals surface area contributed by atoms with Gasteiger partial charge in [0.1, 0.15) is 5.41 Å². The van der Waals surface area contributed by atoms with Crippen LogP contribution >= 0.6 is 0 Å². The molecule has 0 bridgehead atoms. The lowest BCUT2D eigenvalue weighted by Crippen LogP contribution is -2.43. The third-order valence-corrected chi connectivity index (χ3v) is 2.91. The summed E-state index contributed by atoms with van der Waals surface area (Å²) in [6, 6.07) is 0. The van der Waals surface area contributed by atoms with E-state index >= 15 is 0 Å². The summed E-state index contributed by atoms with van der Waals surface area (Å²) in [5, 5.41) is 9.11. The second-order valence-corrected chi connectivity index (χ2v) is 4.49. The molecule has 100 valence electrons. The van der Waals surface area contributed by atoms with E-state index in [1.807, 2.05) is 0 Å². The predicted molar refractivity (Wildman–Crippen MR) is 53.7 cm³/mol. The van der Waals surface area contributed by atoms with E-state index in [0.29, 0.717) is 13.0 Å². The van der Waals surface area contributed by atoms with Gasteiger partial charge in [-0.15, -0.1) is 0 Å². The summed E-state index contributed by atoms with van der Waals surface area (Å²) in [4.78, 5) is 12.5. The van der Waals surface area contributed by atoms with Gasteiger partial charge in [0, 0.05) is 19.7 Å². The topological polar surface area (TPSA) is 49.8 Å². The standard InChI is InChI=1S/C10H16F3NO3/c1-14(4-2-10(11,12)13)6-9(8(15)16)3-5-17-7-9/h2-7H2,1H3,(H,15,16). The average Bonchev–Trinajstić information content (AvgIpc) is 2.63. The molecule has 1 heterocycles. The Bertz CT molecular complexity index is 274. The van der Waals surface area contributed by atoms with E-state index in [1.165, 1.54) is 11.9 Å². The van der Waals surface area contributed by atoms with Crippen molar-refractivity contribution >= 4 is 5.97 Å². The number of alkyl halides is 3. The average molecular weight is 255 g/mol. The normalized spacial score (nSPS) is 25.5. The summed E-state index contributed by atoms with van der Waals surface area (Å²) in [5.41, 5.74) is -1.06. The number of rotatable bonds is 5. The molecule has 0 aromatic rings. The predicted octanol–water partition coefficient (Wildman–Crippen LogP) is 1.36. The van der Waals surface area contributed by atoms with Gasteiger partial charge in [-0.2, -0.15) is 13.2 Å². The van der Waals surface area contributed by atoms with Gasteiger partial charge >= 0.3 is 12.1 Å². The van der Waals surface area contributed by atoms with Crippen molar-refractivity contribution in [2.24, 2.45) is 5.41 Å². The highest BCUT2D eigenvalue weighted by molar-refractivity contribution is 5.75. The van der Waals surface area contributed by atoms with Crippen molar-refractivity contribution < 1.29 is 27.8 Å². The van der Waals surface area contributed by atoms with Crippen LogP contribution in [0.5, 0.6) is 0 Å². The minimum absolute atomic E-state index is 0.0681. The molecule has 0 aromatic heterocycles. The molecule has 1 saturated heterocycles. The van der Waals surface area contributed by atoms with Crippen molar-refractivity contribution in [1.82, 2.24) is 4.90 Å². The molecule has 1 atom stereocenters. The number of nitrogens with zero attached hydrogens (tertiary/aromatic N) is 1. The van der Waals surface area contributed by atoms with Gasteiger partial charge in [-0.05, 0) is 13.5 Å². The summed E-state index contributed by atoms with van der Waals surface area (Å²) in [6.07, 6.45) is -4.80. The van der Waals surface area contributed by atoms with Crippen LogP contribution in [0.4, 0.5) is 13.2 Å². The SMILES string of the molecule is CN(CCC(F)(F)F)CC1(C(=O)O)CCOC1. The molecule has 4 nitrogen and oxygen atoms in total. The van der Waals surface area contributed by atoms with E-state index < -0.39 is 24.0 Å². The van der Waals surface area contributed by atoms with Crippen molar-refractivity contribution in [3.63, 3.8) is 0 Å². The molecular weight excluding hydrogens is 239 g/mol. The molecule has 1 fully saturated rings. The maximum absolute atomic E-state index is 12.0. The van der Waals surface area contributed by atoms with Crippen molar-refractivity contribution in [2.75, 3.05) is 33.4 Å². The zero-order chi connectivity index (χ0) is 13.1. The molecule has 0 aliphatic carbocycles. The first-order valence-corrected chi connectivity index (χ1v) is 5.32. The molecule has 0 amide bonds. The van der Waals surface area contributed by atoms with Crippen LogP contribution in [0.1, 0.15) is 12.8 Å². The Morgan fingerprint density at radius 1 is 1.53 bits per heavy atom. The van der Waals surface area contributed by atoms with Crippen LogP contribution in [0.3, 0.4) is 0 Å². The van der Waals surface area contributed by atoms with Crippen LogP contribution in [0.25, 0.3) is 0 Å². The van der Waals surface area contributed by atoms with E-state index in [9.17, 15) is 18.0 Å². The number of hydrogen-bond donors (Lipinski definition) is 1. The summed E-state index contributed by atoms with van der Waals surface area (Å²) in [7, 11) is 1.49. The fourth-order valence-electron chi connectivity index (χ4n) is 1.88. The first-order valence-electron chi connectivity index (χ1n) is 5.32. The van der Waals surface area contributed by atoms with Crippen molar-refractivity contribution in [3.05, 3.63) is 0 Å². The Kier molecular flexibility index (Phi) is 4.37. The molecule has 17 heavy (non-hydrogen) atoms. The highest BCUT2D eigenvalue weighted by atomic mass is 19.4. The maximum atomic E-state index is 12.0. The van der Waals surface area contributed by atoms with Gasteiger partial charge in [-0.3, -0.25) is 4.79 Å². The zero-order valence-electron chi connectivity index (χ0n) is 9.59. The summed E-state index contributed by atoms with van der Waals surface area (Å²) >= 11 is 0. The number of aliphatic carboxylic acids is 1. The van der Waals surface area contributed by atoms with Gasteiger partial charge in [0.15, 0.2) is 0 Å². The number of hydrogen-bond acceptors (Lipinski definition) is 3. The van der Waals surface area contributed by atoms with E-state index in [2.05, 4.69) is 0 Å². The minimum atomic E-state index is -4.21. The monoisotopic (exact) mass is 255 g/mol. The Hall–Kier alpha value is -0.820. The summed E-state index contributed by atoms with van der Waals surface area (Å²) < 4.78 is 41.1. The van der Waals surface area contributed by atoms with Gasteiger partial charge in [0.2, 0.25) is 0 Å². The van der Waals surface area contributed by atoms with Crippen molar-refractivity contribution in [2.45, 2.75) is 19.0 Å². The third kappa shape index (κ3) is 4.16. The fourth-order valence-corrected chi connectivity index (χ4v) is 1.88. The van der Waals surface area contributed by atoms with E-state index in [-0.39, 0.29) is 19.7 Å². The highest BCUT2D eigenvalue weighted by Gasteiger charge is 2.43. The minimum Gasteiger partial charge on any atom is -0.481 e. The van der Waals surface area contributed by atoms with E-state index in [4.69, 9.17) is 9.84 Å². The molecule has 1 rings (SSSR count). The van der Waals surface area contributed by atoms with E-state index in [1.54, 1.807) is 0 Å². The summed E-state index contributed by atoms with van der Waals surface area (Å²) in [6.45, 7) is 0.301. The Morgan fingerprint density at radius 3 is 2.59 bits per heavy atom. The lowest BCUT2D eigenvalue weighted by Gasteiger charge is -2.28. The van der Waals surface area contributed by atoms with E-state index in [0.717, 1.165) is 0 Å². The molecule has 0 spiro atoms. The molecule has 0 aromatic carbocycles. The molecule has 7 heteroatoms. The first kappa shape index (κ1) is 14.2. The van der Waals surface area contributed by atoms with Gasteiger partial charge in [0.05, 0.1) is 13.0 Å². The molecular formula is C10H16F3NO3. The molecule has 0 radical (unpaired) electrons. The van der Waals surface area contributed by atoms with Gasteiger partial charge in [-0.1, -0.05) is 0 Å². The quantitative estimate of drug-likeness (QED) is 0.806. The lowest BCUT2D eigenvalue weighted by molar-refractivity contribution is -0.151. The van der Waals surface area contributed by atoms with Crippen LogP contribution in [0, 0.1) is 5.41 Å². The molecule has 1 unspecified atom stereocenters. The number of halogens is 3. The van der Waals surface area contributed by atoms with Crippen LogP contribution in [0.2, 0.25) is 0 Å². The molecule has 1 aliphatic heterocycles. The largest absolute Gasteiger partial charge is 0.481 e. The Balaban J connectivity index is 2.48.